The minimum Gasteiger partial charge on any atom is -0.406 e. The van der Waals surface area contributed by atoms with Crippen LogP contribution in [0.2, 0.25) is 0 Å². The van der Waals surface area contributed by atoms with Crippen LogP contribution in [0.1, 0.15) is 18.5 Å². The Kier molecular flexibility index (Phi) is 4.84. The van der Waals surface area contributed by atoms with Crippen LogP contribution in [0.25, 0.3) is 5.78 Å². The maximum atomic E-state index is 12.2. The number of carbonyl (C=O) groups excluding carboxylic acids is 1. The Morgan fingerprint density at radius 3 is 2.63 bits per heavy atom. The summed E-state index contributed by atoms with van der Waals surface area (Å²) in [5, 5.41) is 6.60. The van der Waals surface area contributed by atoms with E-state index in [1.165, 1.54) is 28.9 Å². The average molecular weight is 381 g/mol. The SMILES string of the molecule is C[C@H](NC(=O)Cn1nc2ncccn2c1=O)c1ccc(OC(F)(F)F)cc1. The molecule has 1 N–H and O–H groups in total. The first-order valence-corrected chi connectivity index (χ1v) is 7.78. The number of nitrogens with zero attached hydrogens (tertiary/aromatic N) is 4. The van der Waals surface area contributed by atoms with E-state index in [1.807, 2.05) is 0 Å². The van der Waals surface area contributed by atoms with Gasteiger partial charge in [-0.15, -0.1) is 18.3 Å². The zero-order chi connectivity index (χ0) is 19.6. The third-order valence-corrected chi connectivity index (χ3v) is 3.65. The van der Waals surface area contributed by atoms with Crippen molar-refractivity contribution < 1.29 is 22.7 Å². The second-order valence-electron chi connectivity index (χ2n) is 5.64. The van der Waals surface area contributed by atoms with Crippen molar-refractivity contribution in [1.82, 2.24) is 24.5 Å². The number of nitrogens with one attached hydrogen (secondary N) is 1. The first-order chi connectivity index (χ1) is 12.7. The van der Waals surface area contributed by atoms with Gasteiger partial charge in [0.1, 0.15) is 12.3 Å². The lowest BCUT2D eigenvalue weighted by atomic mass is 10.1. The lowest BCUT2D eigenvalue weighted by Gasteiger charge is -2.15. The highest BCUT2D eigenvalue weighted by atomic mass is 19.4. The van der Waals surface area contributed by atoms with E-state index in [0.29, 0.717) is 5.56 Å². The number of carbonyl (C=O) groups is 1. The van der Waals surface area contributed by atoms with Crippen LogP contribution >= 0.6 is 0 Å². The van der Waals surface area contributed by atoms with Crippen LogP contribution in [0.4, 0.5) is 13.2 Å². The summed E-state index contributed by atoms with van der Waals surface area (Å²) in [6.45, 7) is 1.34. The number of fused-ring (bicyclic) bond motifs is 1. The molecule has 0 unspecified atom stereocenters. The van der Waals surface area contributed by atoms with Gasteiger partial charge in [-0.05, 0) is 30.7 Å². The van der Waals surface area contributed by atoms with E-state index in [1.54, 1.807) is 13.0 Å². The van der Waals surface area contributed by atoms with Crippen LogP contribution < -0.4 is 15.7 Å². The molecule has 0 aliphatic carbocycles. The van der Waals surface area contributed by atoms with E-state index in [2.05, 4.69) is 20.1 Å². The van der Waals surface area contributed by atoms with Gasteiger partial charge >= 0.3 is 12.1 Å². The second kappa shape index (κ2) is 7.09. The molecular weight excluding hydrogens is 367 g/mol. The van der Waals surface area contributed by atoms with E-state index >= 15 is 0 Å². The van der Waals surface area contributed by atoms with Gasteiger partial charge in [0, 0.05) is 12.4 Å². The molecule has 1 aromatic carbocycles. The molecule has 0 spiro atoms. The number of rotatable bonds is 5. The predicted octanol–water partition coefficient (Wildman–Crippen LogP) is 1.67. The number of benzene rings is 1. The van der Waals surface area contributed by atoms with E-state index in [-0.39, 0.29) is 18.1 Å². The molecule has 3 rings (SSSR count). The van der Waals surface area contributed by atoms with Crippen molar-refractivity contribution in [2.24, 2.45) is 0 Å². The highest BCUT2D eigenvalue weighted by molar-refractivity contribution is 5.76. The lowest BCUT2D eigenvalue weighted by Crippen LogP contribution is -2.34. The molecule has 1 amide bonds. The molecule has 0 aliphatic rings. The predicted molar refractivity (Wildman–Crippen MR) is 86.9 cm³/mol. The maximum absolute atomic E-state index is 12.2. The molecule has 27 heavy (non-hydrogen) atoms. The molecule has 142 valence electrons. The van der Waals surface area contributed by atoms with Crippen LogP contribution in [0.3, 0.4) is 0 Å². The first-order valence-electron chi connectivity index (χ1n) is 7.78. The summed E-state index contributed by atoms with van der Waals surface area (Å²) >= 11 is 0. The number of aromatic nitrogens is 4. The van der Waals surface area contributed by atoms with Crippen molar-refractivity contribution in [1.29, 1.82) is 0 Å². The number of halogens is 3. The van der Waals surface area contributed by atoms with Gasteiger partial charge in [-0.2, -0.15) is 0 Å². The quantitative estimate of drug-likeness (QED) is 0.726. The third kappa shape index (κ3) is 4.43. The normalized spacial score (nSPS) is 12.7. The van der Waals surface area contributed by atoms with Gasteiger partial charge in [-0.3, -0.25) is 4.79 Å². The molecule has 8 nitrogen and oxygen atoms in total. The van der Waals surface area contributed by atoms with Gasteiger partial charge in [0.05, 0.1) is 6.04 Å². The Morgan fingerprint density at radius 2 is 2.00 bits per heavy atom. The molecule has 1 atom stereocenters. The first kappa shape index (κ1) is 18.4. The van der Waals surface area contributed by atoms with Crippen molar-refractivity contribution in [2.75, 3.05) is 0 Å². The molecule has 2 heterocycles. The monoisotopic (exact) mass is 381 g/mol. The Hall–Kier alpha value is -3.37. The Morgan fingerprint density at radius 1 is 1.30 bits per heavy atom. The van der Waals surface area contributed by atoms with Crippen LogP contribution in [0, 0.1) is 0 Å². The fourth-order valence-corrected chi connectivity index (χ4v) is 2.43. The summed E-state index contributed by atoms with van der Waals surface area (Å²) in [5.74, 6) is -0.666. The zero-order valence-electron chi connectivity index (χ0n) is 14.0. The summed E-state index contributed by atoms with van der Waals surface area (Å²) in [6.07, 6.45) is -1.81. The van der Waals surface area contributed by atoms with Crippen molar-refractivity contribution in [3.05, 3.63) is 58.8 Å². The fourth-order valence-electron chi connectivity index (χ4n) is 2.43. The highest BCUT2D eigenvalue weighted by Gasteiger charge is 2.31. The summed E-state index contributed by atoms with van der Waals surface area (Å²) in [4.78, 5) is 28.2. The van der Waals surface area contributed by atoms with E-state index in [4.69, 9.17) is 0 Å². The van der Waals surface area contributed by atoms with Gasteiger partial charge in [0.25, 0.3) is 5.78 Å². The minimum absolute atomic E-state index is 0.170. The topological polar surface area (TPSA) is 90.5 Å². The van der Waals surface area contributed by atoms with Gasteiger partial charge in [0.2, 0.25) is 5.91 Å². The van der Waals surface area contributed by atoms with Gasteiger partial charge < -0.3 is 10.1 Å². The van der Waals surface area contributed by atoms with Crippen molar-refractivity contribution in [3.8, 4) is 5.75 Å². The standard InChI is InChI=1S/C16H14F3N5O3/c1-10(11-3-5-12(6-4-11)27-16(17,18)19)21-13(25)9-24-15(26)23-8-2-7-20-14(23)22-24/h2-8,10H,9H2,1H3,(H,21,25)/t10-/m0/s1. The van der Waals surface area contributed by atoms with Crippen LogP contribution in [0.15, 0.2) is 47.5 Å². The van der Waals surface area contributed by atoms with E-state index < -0.39 is 24.0 Å². The van der Waals surface area contributed by atoms with Crippen LogP contribution in [0.5, 0.6) is 5.75 Å². The van der Waals surface area contributed by atoms with E-state index in [9.17, 15) is 22.8 Å². The lowest BCUT2D eigenvalue weighted by molar-refractivity contribution is -0.274. The number of hydrogen-bond acceptors (Lipinski definition) is 5. The number of hydrogen-bond donors (Lipinski definition) is 1. The molecule has 0 saturated heterocycles. The molecule has 3 aromatic rings. The van der Waals surface area contributed by atoms with Gasteiger partial charge in [-0.25, -0.2) is 18.9 Å². The van der Waals surface area contributed by atoms with Crippen molar-refractivity contribution in [2.45, 2.75) is 25.9 Å². The summed E-state index contributed by atoms with van der Waals surface area (Å²) in [7, 11) is 0. The van der Waals surface area contributed by atoms with Crippen LogP contribution in [-0.4, -0.2) is 31.4 Å². The molecule has 0 saturated carbocycles. The summed E-state index contributed by atoms with van der Waals surface area (Å²) in [6, 6.07) is 6.20. The van der Waals surface area contributed by atoms with Gasteiger partial charge in [0.15, 0.2) is 0 Å². The molecule has 11 heteroatoms. The fraction of sp³-hybridized carbons (Fsp3) is 0.250. The highest BCUT2D eigenvalue weighted by Crippen LogP contribution is 2.24. The third-order valence-electron chi connectivity index (χ3n) is 3.65. The van der Waals surface area contributed by atoms with Gasteiger partial charge in [-0.1, -0.05) is 12.1 Å². The molecule has 0 bridgehead atoms. The molecule has 2 aromatic heterocycles. The Labute approximate surface area is 150 Å². The van der Waals surface area contributed by atoms with Crippen molar-refractivity contribution in [3.63, 3.8) is 0 Å². The second-order valence-corrected chi connectivity index (χ2v) is 5.64. The Balaban J connectivity index is 1.65. The number of amides is 1. The van der Waals surface area contributed by atoms with E-state index in [0.717, 1.165) is 16.8 Å². The smallest absolute Gasteiger partial charge is 0.406 e. The minimum atomic E-state index is -4.77. The molecule has 0 fully saturated rings. The van der Waals surface area contributed by atoms with Crippen molar-refractivity contribution >= 4 is 11.7 Å². The molecule has 0 radical (unpaired) electrons. The molecule has 0 aliphatic heterocycles. The number of alkyl halides is 3. The summed E-state index contributed by atoms with van der Waals surface area (Å²) < 4.78 is 42.5. The zero-order valence-corrected chi connectivity index (χ0v) is 14.0. The number of ether oxygens (including phenoxy) is 1. The molecular formula is C16H14F3N5O3. The summed E-state index contributed by atoms with van der Waals surface area (Å²) in [5.41, 5.74) is 0.0662. The Bertz CT molecular complexity index is 1010. The average Bonchev–Trinajstić information content (AvgIpc) is 2.90. The largest absolute Gasteiger partial charge is 0.573 e. The van der Waals surface area contributed by atoms with Crippen LogP contribution in [-0.2, 0) is 11.3 Å². The maximum Gasteiger partial charge on any atom is 0.573 e.